The molecule has 0 radical (unpaired) electrons. The number of ether oxygens (including phenoxy) is 2. The molecule has 0 heterocycles. The summed E-state index contributed by atoms with van der Waals surface area (Å²) < 4.78 is 76.9. The summed E-state index contributed by atoms with van der Waals surface area (Å²) in [5, 5.41) is 10.0. The minimum absolute atomic E-state index is 0.0379. The fraction of sp³-hybridized carbons (Fsp3) is 0.650. The van der Waals surface area contributed by atoms with Crippen LogP contribution in [0.2, 0.25) is 0 Å². The molecule has 8 aliphatic carbocycles. The normalized spacial score (nSPS) is 38.4. The molecule has 52 heavy (non-hydrogen) atoms. The highest BCUT2D eigenvalue weighted by Crippen LogP contribution is 2.71. The molecule has 8 aliphatic rings. The van der Waals surface area contributed by atoms with Crippen LogP contribution < -0.4 is 0 Å². The number of carboxylic acid groups (broad SMARTS) is 1. The van der Waals surface area contributed by atoms with Gasteiger partial charge in [-0.25, -0.2) is 0 Å². The number of aliphatic carboxylic acids is 1. The number of esters is 1. The third-order valence-corrected chi connectivity index (χ3v) is 14.6. The van der Waals surface area contributed by atoms with Crippen molar-refractivity contribution in [3.8, 4) is 0 Å². The lowest BCUT2D eigenvalue weighted by atomic mass is 9.38. The number of hydrogen-bond donors (Lipinski definition) is 1. The Morgan fingerprint density at radius 2 is 1.21 bits per heavy atom. The quantitative estimate of drug-likeness (QED) is 0.148. The summed E-state index contributed by atoms with van der Waals surface area (Å²) in [5.41, 5.74) is -5.58. The molecule has 0 amide bonds. The monoisotopic (exact) mass is 746 g/mol. The fourth-order valence-corrected chi connectivity index (χ4v) is 13.6. The van der Waals surface area contributed by atoms with E-state index in [0.29, 0.717) is 38.2 Å². The van der Waals surface area contributed by atoms with Gasteiger partial charge in [0.25, 0.3) is 0 Å². The lowest BCUT2D eigenvalue weighted by Crippen LogP contribution is -2.62. The van der Waals surface area contributed by atoms with Gasteiger partial charge in [-0.1, -0.05) is 60.7 Å². The van der Waals surface area contributed by atoms with Gasteiger partial charge in [-0.3, -0.25) is 13.8 Å². The topological polar surface area (TPSA) is 116 Å². The van der Waals surface area contributed by atoms with Crippen LogP contribution in [0.15, 0.2) is 60.7 Å². The Morgan fingerprint density at radius 3 is 1.69 bits per heavy atom. The van der Waals surface area contributed by atoms with E-state index in [2.05, 4.69) is 28.4 Å². The van der Waals surface area contributed by atoms with Crippen molar-refractivity contribution >= 4 is 22.1 Å². The molecule has 8 saturated carbocycles. The van der Waals surface area contributed by atoms with Gasteiger partial charge in [-0.05, 0) is 129 Å². The van der Waals surface area contributed by atoms with E-state index in [-0.39, 0.29) is 29.1 Å². The van der Waals surface area contributed by atoms with Gasteiger partial charge in [0, 0.05) is 6.61 Å². The maximum absolute atomic E-state index is 12.8. The number of benzene rings is 2. The highest BCUT2D eigenvalue weighted by Gasteiger charge is 2.68. The predicted molar refractivity (Wildman–Crippen MR) is 185 cm³/mol. The molecule has 8 fully saturated rings. The van der Waals surface area contributed by atoms with Crippen LogP contribution in [-0.4, -0.2) is 57.9 Å². The number of alkyl halides is 3. The molecule has 2 aromatic rings. The van der Waals surface area contributed by atoms with Gasteiger partial charge in [0.1, 0.15) is 0 Å². The Bertz CT molecular complexity index is 1790. The standard InChI is InChI=1S/C20H23F3O5S.C20H26O3/c1-27-16(24)19-9-14-7-17(11-19,13-28-29(25,26)20(21,22)23)10-18(8-14,12-19)15-5-3-2-4-6-15;1-2-23-14-18-8-15-9-19(11-18,16-6-4-3-5-7-16)13-20(10-15,12-18)17(21)22/h2-6,14H,7-13H2,1H3;3-7,15H,2,8-14H2,1H3,(H,21,22). The van der Waals surface area contributed by atoms with Gasteiger partial charge in [-0.2, -0.15) is 21.6 Å². The van der Waals surface area contributed by atoms with Gasteiger partial charge in [-0.15, -0.1) is 0 Å². The van der Waals surface area contributed by atoms with Crippen LogP contribution in [0.4, 0.5) is 13.2 Å². The highest BCUT2D eigenvalue weighted by atomic mass is 32.2. The molecule has 2 aromatic carbocycles. The van der Waals surface area contributed by atoms with Crippen LogP contribution in [-0.2, 0) is 44.2 Å². The van der Waals surface area contributed by atoms with E-state index in [1.165, 1.54) is 12.7 Å². The molecule has 8 atom stereocenters. The first kappa shape index (κ1) is 37.4. The molecule has 0 spiro atoms. The summed E-state index contributed by atoms with van der Waals surface area (Å²) in [6.45, 7) is 2.90. The van der Waals surface area contributed by atoms with Gasteiger partial charge >= 0.3 is 27.6 Å². The first-order valence-electron chi connectivity index (χ1n) is 18.4. The van der Waals surface area contributed by atoms with Crippen LogP contribution in [0.3, 0.4) is 0 Å². The van der Waals surface area contributed by atoms with Crippen molar-refractivity contribution in [2.45, 2.75) is 100 Å². The van der Waals surface area contributed by atoms with E-state index in [1.807, 2.05) is 43.3 Å². The van der Waals surface area contributed by atoms with Gasteiger partial charge in [0.05, 0.1) is 31.2 Å². The Hall–Kier alpha value is -2.96. The molecule has 284 valence electrons. The molecule has 0 aliphatic heterocycles. The largest absolute Gasteiger partial charge is 0.523 e. The number of rotatable bonds is 10. The van der Waals surface area contributed by atoms with Crippen molar-refractivity contribution in [2.75, 3.05) is 26.9 Å². The molecule has 0 aromatic heterocycles. The molecule has 8 nitrogen and oxygen atoms in total. The number of hydrogen-bond acceptors (Lipinski definition) is 7. The average Bonchev–Trinajstić information content (AvgIpc) is 3.09. The van der Waals surface area contributed by atoms with E-state index < -0.39 is 49.9 Å². The van der Waals surface area contributed by atoms with E-state index in [1.54, 1.807) is 0 Å². The van der Waals surface area contributed by atoms with Crippen LogP contribution >= 0.6 is 0 Å². The Balaban J connectivity index is 0.000000166. The summed E-state index contributed by atoms with van der Waals surface area (Å²) >= 11 is 0. The zero-order chi connectivity index (χ0) is 37.3. The third kappa shape index (κ3) is 6.28. The maximum atomic E-state index is 12.8. The van der Waals surface area contributed by atoms with Gasteiger partial charge in [0.2, 0.25) is 0 Å². The van der Waals surface area contributed by atoms with Crippen molar-refractivity contribution in [2.24, 2.45) is 33.5 Å². The Labute approximate surface area is 303 Å². The average molecular weight is 747 g/mol. The number of halogens is 3. The summed E-state index contributed by atoms with van der Waals surface area (Å²) in [6.07, 6.45) is 9.19. The van der Waals surface area contributed by atoms with Crippen molar-refractivity contribution in [1.29, 1.82) is 0 Å². The fourth-order valence-electron chi connectivity index (χ4n) is 13.1. The lowest BCUT2D eigenvalue weighted by molar-refractivity contribution is -0.186. The van der Waals surface area contributed by atoms with Crippen molar-refractivity contribution in [3.63, 3.8) is 0 Å². The second-order valence-electron chi connectivity index (χ2n) is 17.5. The number of methoxy groups -OCH3 is 1. The second kappa shape index (κ2) is 12.8. The van der Waals surface area contributed by atoms with Crippen LogP contribution in [0.1, 0.15) is 95.1 Å². The zero-order valence-corrected chi connectivity index (χ0v) is 30.7. The smallest absolute Gasteiger partial charge is 0.481 e. The molecule has 10 rings (SSSR count). The van der Waals surface area contributed by atoms with E-state index >= 15 is 0 Å². The van der Waals surface area contributed by atoms with Crippen LogP contribution in [0, 0.1) is 33.5 Å². The number of carbonyl (C=O) groups is 2. The van der Waals surface area contributed by atoms with Gasteiger partial charge < -0.3 is 14.6 Å². The number of carbonyl (C=O) groups excluding carboxylic acids is 1. The zero-order valence-electron chi connectivity index (χ0n) is 29.9. The van der Waals surface area contributed by atoms with E-state index in [9.17, 15) is 36.3 Å². The Kier molecular flexibility index (Phi) is 9.21. The van der Waals surface area contributed by atoms with Crippen molar-refractivity contribution < 1.29 is 49.9 Å². The maximum Gasteiger partial charge on any atom is 0.523 e. The van der Waals surface area contributed by atoms with E-state index in [4.69, 9.17) is 9.47 Å². The minimum atomic E-state index is -5.69. The SMILES string of the molecule is CCOCC12CC3CC(C(=O)O)(C1)CC(c1ccccc1)(C3)C2.COC(=O)C12CC3CC(COS(=O)(=O)C(F)(F)F)(C1)CC(c1ccccc1)(C3)C2. The molecule has 12 heteroatoms. The Morgan fingerprint density at radius 1 is 0.731 bits per heavy atom. The molecular formula is C40H49F3O8S. The summed E-state index contributed by atoms with van der Waals surface area (Å²) in [7, 11) is -4.37. The lowest BCUT2D eigenvalue weighted by Gasteiger charge is -2.65. The molecule has 1 N–H and O–H groups in total. The van der Waals surface area contributed by atoms with Crippen LogP contribution in [0.25, 0.3) is 0 Å². The molecular weight excluding hydrogens is 697 g/mol. The molecule has 8 bridgehead atoms. The van der Waals surface area contributed by atoms with E-state index in [0.717, 1.165) is 57.1 Å². The number of carboxylic acids is 1. The van der Waals surface area contributed by atoms with Gasteiger partial charge in [0.15, 0.2) is 0 Å². The molecule has 0 saturated heterocycles. The molecule has 8 unspecified atom stereocenters. The minimum Gasteiger partial charge on any atom is -0.481 e. The summed E-state index contributed by atoms with van der Waals surface area (Å²) in [6, 6.07) is 20.3. The van der Waals surface area contributed by atoms with Crippen molar-refractivity contribution in [3.05, 3.63) is 71.8 Å². The first-order chi connectivity index (χ1) is 24.5. The summed E-state index contributed by atoms with van der Waals surface area (Å²) in [4.78, 5) is 25.0. The third-order valence-electron chi connectivity index (χ3n) is 13.6. The second-order valence-corrected chi connectivity index (χ2v) is 19.1. The first-order valence-corrected chi connectivity index (χ1v) is 19.8. The highest BCUT2D eigenvalue weighted by molar-refractivity contribution is 7.87. The van der Waals surface area contributed by atoms with Crippen LogP contribution in [0.5, 0.6) is 0 Å². The summed E-state index contributed by atoms with van der Waals surface area (Å²) in [5.74, 6) is -0.321. The van der Waals surface area contributed by atoms with Crippen molar-refractivity contribution in [1.82, 2.24) is 0 Å². The predicted octanol–water partition coefficient (Wildman–Crippen LogP) is 7.95.